The van der Waals surface area contributed by atoms with E-state index in [-0.39, 0.29) is 0 Å². The smallest absolute Gasteiger partial charge is 0.0934 e. The van der Waals surface area contributed by atoms with Crippen LogP contribution >= 0.6 is 22.9 Å². The normalized spacial score (nSPS) is 30.2. The molecule has 3 rings (SSSR count). The van der Waals surface area contributed by atoms with Gasteiger partial charge in [0.25, 0.3) is 0 Å². The number of fused-ring (bicyclic) bond motifs is 1. The Morgan fingerprint density at radius 1 is 1.41 bits per heavy atom. The molecule has 2 unspecified atom stereocenters. The van der Waals surface area contributed by atoms with Gasteiger partial charge in [-0.15, -0.1) is 11.3 Å². The van der Waals surface area contributed by atoms with Gasteiger partial charge in [0.15, 0.2) is 0 Å². The maximum absolute atomic E-state index is 6.19. The molecule has 1 aliphatic carbocycles. The minimum atomic E-state index is 0.601. The molecule has 4 heteroatoms. The van der Waals surface area contributed by atoms with E-state index in [4.69, 9.17) is 11.6 Å². The van der Waals surface area contributed by atoms with Crippen molar-refractivity contribution in [3.8, 4) is 0 Å². The Kier molecular flexibility index (Phi) is 3.44. The van der Waals surface area contributed by atoms with Gasteiger partial charge in [0.1, 0.15) is 0 Å². The summed E-state index contributed by atoms with van der Waals surface area (Å²) in [5.74, 6) is 0.756. The third-order valence-corrected chi connectivity index (χ3v) is 5.38. The van der Waals surface area contributed by atoms with Crippen LogP contribution in [-0.4, -0.2) is 31.1 Å². The van der Waals surface area contributed by atoms with Crippen molar-refractivity contribution in [3.05, 3.63) is 20.8 Å². The predicted octanol–water partition coefficient (Wildman–Crippen LogP) is 2.93. The van der Waals surface area contributed by atoms with Crippen LogP contribution in [0.5, 0.6) is 0 Å². The van der Waals surface area contributed by atoms with Crippen molar-refractivity contribution in [2.75, 3.05) is 26.2 Å². The molecule has 0 amide bonds. The summed E-state index contributed by atoms with van der Waals surface area (Å²) in [6, 6.07) is 2.81. The summed E-state index contributed by atoms with van der Waals surface area (Å²) in [7, 11) is 0. The summed E-state index contributed by atoms with van der Waals surface area (Å²) < 4.78 is 0.962. The third kappa shape index (κ3) is 2.26. The SMILES string of the molecule is CC1CCc2sc(Cl)cc2C1N1CCNCC1. The molecule has 2 aliphatic rings. The van der Waals surface area contributed by atoms with Gasteiger partial charge >= 0.3 is 0 Å². The van der Waals surface area contributed by atoms with Crippen LogP contribution in [0.25, 0.3) is 0 Å². The molecule has 2 atom stereocenters. The van der Waals surface area contributed by atoms with Crippen molar-refractivity contribution in [2.45, 2.75) is 25.8 Å². The van der Waals surface area contributed by atoms with Crippen LogP contribution < -0.4 is 5.32 Å². The molecule has 1 aliphatic heterocycles. The summed E-state index contributed by atoms with van der Waals surface area (Å²) >= 11 is 7.97. The number of hydrogen-bond donors (Lipinski definition) is 1. The van der Waals surface area contributed by atoms with Crippen molar-refractivity contribution in [1.82, 2.24) is 10.2 Å². The number of hydrogen-bond acceptors (Lipinski definition) is 3. The summed E-state index contributed by atoms with van der Waals surface area (Å²) in [5, 5.41) is 3.43. The molecule has 0 saturated carbocycles. The molecule has 1 N–H and O–H groups in total. The fourth-order valence-electron chi connectivity index (χ4n) is 3.19. The van der Waals surface area contributed by atoms with Crippen LogP contribution in [0.2, 0.25) is 4.34 Å². The van der Waals surface area contributed by atoms with Crippen molar-refractivity contribution in [2.24, 2.45) is 5.92 Å². The zero-order valence-corrected chi connectivity index (χ0v) is 11.8. The largest absolute Gasteiger partial charge is 0.314 e. The zero-order valence-electron chi connectivity index (χ0n) is 10.2. The number of nitrogens with zero attached hydrogens (tertiary/aromatic N) is 1. The van der Waals surface area contributed by atoms with Gasteiger partial charge < -0.3 is 5.32 Å². The van der Waals surface area contributed by atoms with E-state index in [0.29, 0.717) is 6.04 Å². The van der Waals surface area contributed by atoms with E-state index >= 15 is 0 Å². The lowest BCUT2D eigenvalue weighted by atomic mass is 9.83. The van der Waals surface area contributed by atoms with Crippen molar-refractivity contribution >= 4 is 22.9 Å². The highest BCUT2D eigenvalue weighted by Crippen LogP contribution is 2.43. The maximum Gasteiger partial charge on any atom is 0.0934 e. The van der Waals surface area contributed by atoms with Gasteiger partial charge in [0, 0.05) is 37.1 Å². The lowest BCUT2D eigenvalue weighted by molar-refractivity contribution is 0.120. The molecule has 0 bridgehead atoms. The highest BCUT2D eigenvalue weighted by atomic mass is 35.5. The van der Waals surface area contributed by atoms with E-state index < -0.39 is 0 Å². The third-order valence-electron chi connectivity index (χ3n) is 4.04. The second-order valence-electron chi connectivity index (χ2n) is 5.18. The van der Waals surface area contributed by atoms with Gasteiger partial charge in [-0.05, 0) is 30.4 Å². The fourth-order valence-corrected chi connectivity index (χ4v) is 4.53. The number of thiophene rings is 1. The maximum atomic E-state index is 6.19. The fraction of sp³-hybridized carbons (Fsp3) is 0.692. The first-order valence-corrected chi connectivity index (χ1v) is 7.68. The van der Waals surface area contributed by atoms with E-state index in [9.17, 15) is 0 Å². The van der Waals surface area contributed by atoms with Crippen molar-refractivity contribution < 1.29 is 0 Å². The number of halogens is 1. The van der Waals surface area contributed by atoms with E-state index in [1.165, 1.54) is 36.4 Å². The molecular weight excluding hydrogens is 252 g/mol. The predicted molar refractivity (Wildman–Crippen MR) is 74.0 cm³/mol. The van der Waals surface area contributed by atoms with Crippen LogP contribution in [0, 0.1) is 5.92 Å². The van der Waals surface area contributed by atoms with Gasteiger partial charge in [0.2, 0.25) is 0 Å². The molecule has 2 heterocycles. The first-order chi connectivity index (χ1) is 8.25. The van der Waals surface area contributed by atoms with Crippen LogP contribution in [0.3, 0.4) is 0 Å². The van der Waals surface area contributed by atoms with Crippen molar-refractivity contribution in [1.29, 1.82) is 0 Å². The molecule has 1 saturated heterocycles. The van der Waals surface area contributed by atoms with Crippen LogP contribution in [-0.2, 0) is 6.42 Å². The summed E-state index contributed by atoms with van der Waals surface area (Å²) in [4.78, 5) is 4.17. The summed E-state index contributed by atoms with van der Waals surface area (Å²) in [5.41, 5.74) is 1.51. The molecule has 0 radical (unpaired) electrons. The summed E-state index contributed by atoms with van der Waals surface area (Å²) in [6.45, 7) is 6.97. The molecule has 1 fully saturated rings. The molecule has 1 aromatic rings. The van der Waals surface area contributed by atoms with Gasteiger partial charge in [-0.25, -0.2) is 0 Å². The molecule has 1 aromatic heterocycles. The number of piperazine rings is 1. The molecule has 2 nitrogen and oxygen atoms in total. The van der Waals surface area contributed by atoms with E-state index in [1.54, 1.807) is 11.3 Å². The number of rotatable bonds is 1. The van der Waals surface area contributed by atoms with Gasteiger partial charge in [-0.1, -0.05) is 18.5 Å². The second kappa shape index (κ2) is 4.88. The second-order valence-corrected chi connectivity index (χ2v) is 6.94. The van der Waals surface area contributed by atoms with E-state index in [0.717, 1.165) is 23.3 Å². The minimum absolute atomic E-state index is 0.601. The quantitative estimate of drug-likeness (QED) is 0.844. The standard InChI is InChI=1S/C13H19ClN2S/c1-9-2-3-11-10(8-12(14)17-11)13(9)16-6-4-15-5-7-16/h8-9,13,15H,2-7H2,1H3. The van der Waals surface area contributed by atoms with Crippen molar-refractivity contribution in [3.63, 3.8) is 0 Å². The molecule has 0 spiro atoms. The lowest BCUT2D eigenvalue weighted by Gasteiger charge is -2.40. The Bertz CT molecular complexity index is 398. The number of aryl methyl sites for hydroxylation is 1. The highest BCUT2D eigenvalue weighted by Gasteiger charge is 2.33. The molecule has 17 heavy (non-hydrogen) atoms. The van der Waals surface area contributed by atoms with E-state index in [2.05, 4.69) is 23.2 Å². The Morgan fingerprint density at radius 3 is 2.94 bits per heavy atom. The molecular formula is C13H19ClN2S. The van der Waals surface area contributed by atoms with Crippen LogP contribution in [0.15, 0.2) is 6.07 Å². The van der Waals surface area contributed by atoms with Gasteiger partial charge in [0.05, 0.1) is 4.34 Å². The lowest BCUT2D eigenvalue weighted by Crippen LogP contribution is -2.47. The van der Waals surface area contributed by atoms with Gasteiger partial charge in [-0.2, -0.15) is 0 Å². The Morgan fingerprint density at radius 2 is 2.18 bits per heavy atom. The molecule has 94 valence electrons. The monoisotopic (exact) mass is 270 g/mol. The minimum Gasteiger partial charge on any atom is -0.314 e. The highest BCUT2D eigenvalue weighted by molar-refractivity contribution is 7.16. The van der Waals surface area contributed by atoms with Crippen LogP contribution in [0.1, 0.15) is 29.8 Å². The molecule has 0 aromatic carbocycles. The Balaban J connectivity index is 1.91. The van der Waals surface area contributed by atoms with Gasteiger partial charge in [-0.3, -0.25) is 4.90 Å². The van der Waals surface area contributed by atoms with Crippen LogP contribution in [0.4, 0.5) is 0 Å². The Labute approximate surface area is 112 Å². The number of nitrogens with one attached hydrogen (secondary N) is 1. The Hall–Kier alpha value is -0.0900. The first-order valence-electron chi connectivity index (χ1n) is 6.48. The summed E-state index contributed by atoms with van der Waals surface area (Å²) in [6.07, 6.45) is 2.52. The average Bonchev–Trinajstić information content (AvgIpc) is 2.70. The van der Waals surface area contributed by atoms with E-state index in [1.807, 2.05) is 0 Å². The topological polar surface area (TPSA) is 15.3 Å². The first kappa shape index (κ1) is 12.0. The zero-order chi connectivity index (χ0) is 11.8. The average molecular weight is 271 g/mol.